The largest absolute Gasteiger partial charge is 0.463 e. The van der Waals surface area contributed by atoms with Crippen molar-refractivity contribution in [3.05, 3.63) is 53.6 Å². The predicted octanol–water partition coefficient (Wildman–Crippen LogP) is 2.48. The predicted molar refractivity (Wildman–Crippen MR) is 143 cm³/mol. The molecule has 2 aromatic rings. The molecule has 12 heteroatoms. The lowest BCUT2D eigenvalue weighted by atomic mass is 9.97. The number of benzene rings is 2. The van der Waals surface area contributed by atoms with Gasteiger partial charge in [0.2, 0.25) is 12.4 Å². The van der Waals surface area contributed by atoms with E-state index in [-0.39, 0.29) is 12.5 Å². The fourth-order valence-electron chi connectivity index (χ4n) is 4.35. The lowest BCUT2D eigenvalue weighted by molar-refractivity contribution is -0.288. The SMILES string of the molecule is CNC(=O)c1cccc(-c2ccc(O[C@H]3O[C@@H](COC(C)=O)[C@@H](OC(C)=O)[C@H](OC(C)=O)[C@H]3OC(C)=O)c(C)c2)c1. The van der Waals surface area contributed by atoms with Gasteiger partial charge in [-0.3, -0.25) is 24.0 Å². The van der Waals surface area contributed by atoms with Crippen LogP contribution < -0.4 is 10.1 Å². The van der Waals surface area contributed by atoms with E-state index in [9.17, 15) is 24.0 Å². The third-order valence-corrected chi connectivity index (χ3v) is 6.05. The van der Waals surface area contributed by atoms with Gasteiger partial charge in [0.15, 0.2) is 12.2 Å². The summed E-state index contributed by atoms with van der Waals surface area (Å²) in [5.74, 6) is -2.69. The van der Waals surface area contributed by atoms with Gasteiger partial charge in [-0.2, -0.15) is 0 Å². The van der Waals surface area contributed by atoms with Crippen LogP contribution in [-0.2, 0) is 42.9 Å². The van der Waals surface area contributed by atoms with Crippen molar-refractivity contribution in [1.82, 2.24) is 5.32 Å². The highest BCUT2D eigenvalue weighted by molar-refractivity contribution is 5.95. The van der Waals surface area contributed by atoms with Crippen molar-refractivity contribution < 1.29 is 52.4 Å². The van der Waals surface area contributed by atoms with Gasteiger partial charge in [-0.1, -0.05) is 18.2 Å². The van der Waals surface area contributed by atoms with E-state index in [1.54, 1.807) is 44.3 Å². The van der Waals surface area contributed by atoms with Crippen LogP contribution in [0.15, 0.2) is 42.5 Å². The molecule has 0 bridgehead atoms. The summed E-state index contributed by atoms with van der Waals surface area (Å²) < 4.78 is 33.5. The maximum absolute atomic E-state index is 12.1. The van der Waals surface area contributed by atoms with Gasteiger partial charge in [-0.25, -0.2) is 0 Å². The number of aryl methyl sites for hydroxylation is 1. The molecule has 1 amide bonds. The standard InChI is InChI=1S/C29H33NO11/c1-15-12-21(20-8-7-9-22(13-20)28(35)30-6)10-11-23(15)40-29-27(39-19(5)34)26(38-18(4)33)25(37-17(3)32)24(41-29)14-36-16(2)31/h7-13,24-27,29H,14H2,1-6H3,(H,30,35)/t24-,25+,26-,27+,29-/m0/s1. The van der Waals surface area contributed by atoms with Crippen LogP contribution in [0.25, 0.3) is 11.1 Å². The van der Waals surface area contributed by atoms with Crippen LogP contribution in [0.1, 0.15) is 43.6 Å². The van der Waals surface area contributed by atoms with Gasteiger partial charge in [0.1, 0.15) is 18.5 Å². The Bertz CT molecular complexity index is 1310. The number of hydrogen-bond donors (Lipinski definition) is 1. The summed E-state index contributed by atoms with van der Waals surface area (Å²) in [6.07, 6.45) is -6.45. The van der Waals surface area contributed by atoms with Crippen LogP contribution >= 0.6 is 0 Å². The molecular weight excluding hydrogens is 538 g/mol. The molecule has 2 aromatic carbocycles. The summed E-state index contributed by atoms with van der Waals surface area (Å²) in [6, 6.07) is 12.4. The van der Waals surface area contributed by atoms with Crippen LogP contribution in [0.2, 0.25) is 0 Å². The Kier molecular flexibility index (Phi) is 10.4. The number of hydrogen-bond acceptors (Lipinski definition) is 11. The van der Waals surface area contributed by atoms with Crippen molar-refractivity contribution in [3.8, 4) is 16.9 Å². The normalized spacial score (nSPS) is 21.7. The van der Waals surface area contributed by atoms with Gasteiger partial charge in [0.25, 0.3) is 5.91 Å². The Balaban J connectivity index is 1.98. The number of amides is 1. The number of ether oxygens (including phenoxy) is 6. The van der Waals surface area contributed by atoms with Crippen LogP contribution in [0.3, 0.4) is 0 Å². The molecule has 1 N–H and O–H groups in total. The van der Waals surface area contributed by atoms with Gasteiger partial charge in [-0.05, 0) is 47.9 Å². The van der Waals surface area contributed by atoms with E-state index in [1.807, 2.05) is 12.1 Å². The molecule has 0 aromatic heterocycles. The monoisotopic (exact) mass is 571 g/mol. The molecule has 0 unspecified atom stereocenters. The molecule has 12 nitrogen and oxygen atoms in total. The fraction of sp³-hybridized carbons (Fsp3) is 0.414. The lowest BCUT2D eigenvalue weighted by Gasteiger charge is -2.44. The van der Waals surface area contributed by atoms with Crippen molar-refractivity contribution in [1.29, 1.82) is 0 Å². The second-order valence-electron chi connectivity index (χ2n) is 9.33. The molecule has 1 heterocycles. The Morgan fingerprint density at radius 3 is 1.98 bits per heavy atom. The van der Waals surface area contributed by atoms with E-state index in [4.69, 9.17) is 28.4 Å². The van der Waals surface area contributed by atoms with Crippen molar-refractivity contribution in [3.63, 3.8) is 0 Å². The van der Waals surface area contributed by atoms with Crippen molar-refractivity contribution in [2.45, 2.75) is 65.3 Å². The van der Waals surface area contributed by atoms with E-state index < -0.39 is 54.6 Å². The minimum Gasteiger partial charge on any atom is -0.463 e. The molecule has 0 radical (unpaired) electrons. The van der Waals surface area contributed by atoms with E-state index in [0.717, 1.165) is 31.9 Å². The first-order chi connectivity index (χ1) is 19.4. The second kappa shape index (κ2) is 13.8. The zero-order chi connectivity index (χ0) is 30.3. The summed E-state index contributed by atoms with van der Waals surface area (Å²) in [4.78, 5) is 59.6. The summed E-state index contributed by atoms with van der Waals surface area (Å²) in [5, 5.41) is 2.60. The van der Waals surface area contributed by atoms with Gasteiger partial charge in [0.05, 0.1) is 0 Å². The summed E-state index contributed by atoms with van der Waals surface area (Å²) in [7, 11) is 1.55. The van der Waals surface area contributed by atoms with E-state index in [2.05, 4.69) is 5.32 Å². The Morgan fingerprint density at radius 1 is 0.780 bits per heavy atom. The van der Waals surface area contributed by atoms with Crippen molar-refractivity contribution in [2.75, 3.05) is 13.7 Å². The maximum Gasteiger partial charge on any atom is 0.303 e. The first-order valence-electron chi connectivity index (χ1n) is 12.8. The zero-order valence-corrected chi connectivity index (χ0v) is 23.6. The molecule has 1 aliphatic heterocycles. The average molecular weight is 572 g/mol. The van der Waals surface area contributed by atoms with Crippen LogP contribution in [0.5, 0.6) is 5.75 Å². The van der Waals surface area contributed by atoms with Crippen molar-refractivity contribution >= 4 is 29.8 Å². The number of nitrogens with one attached hydrogen (secondary N) is 1. The molecule has 0 saturated carbocycles. The van der Waals surface area contributed by atoms with E-state index in [1.165, 1.54) is 6.92 Å². The lowest BCUT2D eigenvalue weighted by Crippen LogP contribution is -2.63. The van der Waals surface area contributed by atoms with Crippen LogP contribution in [0.4, 0.5) is 0 Å². The topological polar surface area (TPSA) is 153 Å². The molecular formula is C29H33NO11. The minimum atomic E-state index is -1.35. The molecule has 41 heavy (non-hydrogen) atoms. The van der Waals surface area contributed by atoms with Gasteiger partial charge < -0.3 is 33.7 Å². The highest BCUT2D eigenvalue weighted by atomic mass is 16.7. The molecule has 0 spiro atoms. The zero-order valence-electron chi connectivity index (χ0n) is 23.6. The highest BCUT2D eigenvalue weighted by Gasteiger charge is 2.53. The number of carbonyl (C=O) groups is 5. The van der Waals surface area contributed by atoms with Gasteiger partial charge in [-0.15, -0.1) is 0 Å². The first kappa shape index (κ1) is 31.1. The van der Waals surface area contributed by atoms with E-state index >= 15 is 0 Å². The van der Waals surface area contributed by atoms with Crippen LogP contribution in [0, 0.1) is 6.92 Å². The Hall–Kier alpha value is -4.45. The second-order valence-corrected chi connectivity index (χ2v) is 9.33. The smallest absolute Gasteiger partial charge is 0.303 e. The van der Waals surface area contributed by atoms with Gasteiger partial charge >= 0.3 is 23.9 Å². The molecule has 220 valence electrons. The van der Waals surface area contributed by atoms with Crippen molar-refractivity contribution in [2.24, 2.45) is 0 Å². The van der Waals surface area contributed by atoms with E-state index in [0.29, 0.717) is 16.9 Å². The highest BCUT2D eigenvalue weighted by Crippen LogP contribution is 2.33. The molecule has 1 saturated heterocycles. The Labute approximate surface area is 237 Å². The minimum absolute atomic E-state index is 0.216. The van der Waals surface area contributed by atoms with Crippen LogP contribution in [-0.4, -0.2) is 74.1 Å². The third-order valence-electron chi connectivity index (χ3n) is 6.05. The Morgan fingerprint density at radius 2 is 1.39 bits per heavy atom. The third kappa shape index (κ3) is 8.27. The number of rotatable bonds is 9. The molecule has 3 rings (SSSR count). The summed E-state index contributed by atoms with van der Waals surface area (Å²) in [5.41, 5.74) is 2.77. The molecule has 1 aliphatic rings. The number of carbonyl (C=O) groups excluding carboxylic acids is 5. The first-order valence-corrected chi connectivity index (χ1v) is 12.8. The maximum atomic E-state index is 12.1. The summed E-state index contributed by atoms with van der Waals surface area (Å²) >= 11 is 0. The van der Waals surface area contributed by atoms with Gasteiger partial charge in [0, 0.05) is 40.3 Å². The average Bonchev–Trinajstić information content (AvgIpc) is 2.90. The quantitative estimate of drug-likeness (QED) is 0.349. The molecule has 5 atom stereocenters. The number of esters is 4. The molecule has 1 fully saturated rings. The fourth-order valence-corrected chi connectivity index (χ4v) is 4.35. The molecule has 0 aliphatic carbocycles. The summed E-state index contributed by atoms with van der Waals surface area (Å²) in [6.45, 7) is 6.05.